The number of aromatic nitrogens is 2. The first-order chi connectivity index (χ1) is 12.3. The molecule has 2 aliphatic rings. The van der Waals surface area contributed by atoms with Crippen LogP contribution in [-0.4, -0.2) is 16.0 Å². The lowest BCUT2D eigenvalue weighted by Crippen LogP contribution is -2.28. The van der Waals surface area contributed by atoms with Crippen LogP contribution in [-0.2, 0) is 17.6 Å². The van der Waals surface area contributed by atoms with Crippen molar-refractivity contribution in [2.24, 2.45) is 0 Å². The predicted octanol–water partition coefficient (Wildman–Crippen LogP) is 3.85. The van der Waals surface area contributed by atoms with Gasteiger partial charge in [-0.05, 0) is 49.7 Å². The Bertz CT molecular complexity index is 736. The zero-order chi connectivity index (χ0) is 17.1. The SMILES string of the molecule is O=C(CCCc1nc(C2CC2)no1)NC1CCCCc2ccccc21. The minimum atomic E-state index is 0.114. The summed E-state index contributed by atoms with van der Waals surface area (Å²) < 4.78 is 5.27. The number of rotatable bonds is 6. The van der Waals surface area contributed by atoms with Crippen LogP contribution in [0.3, 0.4) is 0 Å². The van der Waals surface area contributed by atoms with E-state index in [4.69, 9.17) is 4.52 Å². The Morgan fingerprint density at radius 2 is 2.08 bits per heavy atom. The van der Waals surface area contributed by atoms with Crippen LogP contribution >= 0.6 is 0 Å². The Balaban J connectivity index is 1.28. The largest absolute Gasteiger partial charge is 0.349 e. The molecule has 1 aromatic heterocycles. The molecule has 0 radical (unpaired) electrons. The van der Waals surface area contributed by atoms with Gasteiger partial charge < -0.3 is 9.84 Å². The molecule has 1 unspecified atom stereocenters. The van der Waals surface area contributed by atoms with Crippen molar-refractivity contribution in [1.82, 2.24) is 15.5 Å². The number of carbonyl (C=O) groups is 1. The molecule has 5 heteroatoms. The maximum absolute atomic E-state index is 12.4. The van der Waals surface area contributed by atoms with Gasteiger partial charge in [0, 0.05) is 18.8 Å². The van der Waals surface area contributed by atoms with Gasteiger partial charge in [-0.25, -0.2) is 0 Å². The molecular formula is C20H25N3O2. The molecule has 1 aromatic carbocycles. The lowest BCUT2D eigenvalue weighted by molar-refractivity contribution is -0.122. The van der Waals surface area contributed by atoms with Crippen molar-refractivity contribution in [3.8, 4) is 0 Å². The van der Waals surface area contributed by atoms with E-state index >= 15 is 0 Å². The van der Waals surface area contributed by atoms with Gasteiger partial charge in [0.2, 0.25) is 11.8 Å². The van der Waals surface area contributed by atoms with E-state index in [0.29, 0.717) is 24.7 Å². The van der Waals surface area contributed by atoms with Gasteiger partial charge in [0.15, 0.2) is 5.82 Å². The summed E-state index contributed by atoms with van der Waals surface area (Å²) in [5.41, 5.74) is 2.67. The Kier molecular flexibility index (Phi) is 4.81. The highest BCUT2D eigenvalue weighted by atomic mass is 16.5. The number of hydrogen-bond donors (Lipinski definition) is 1. The standard InChI is InChI=1S/C20H25N3O2/c24-18(10-5-11-19-22-20(23-25-19)15-12-13-15)21-17-9-4-2-7-14-6-1-3-8-16(14)17/h1,3,6,8,15,17H,2,4-5,7,9-13H2,(H,21,24). The number of carbonyl (C=O) groups excluding carboxylic acids is 1. The van der Waals surface area contributed by atoms with Crippen molar-refractivity contribution >= 4 is 5.91 Å². The molecule has 132 valence electrons. The number of fused-ring (bicyclic) bond motifs is 1. The lowest BCUT2D eigenvalue weighted by atomic mass is 9.99. The van der Waals surface area contributed by atoms with Crippen molar-refractivity contribution < 1.29 is 9.32 Å². The third-order valence-electron chi connectivity index (χ3n) is 5.18. The molecule has 25 heavy (non-hydrogen) atoms. The van der Waals surface area contributed by atoms with Crippen molar-refractivity contribution in [2.75, 3.05) is 0 Å². The van der Waals surface area contributed by atoms with E-state index in [2.05, 4.69) is 39.7 Å². The molecule has 1 saturated carbocycles. The number of benzene rings is 1. The predicted molar refractivity (Wildman–Crippen MR) is 94.1 cm³/mol. The molecule has 4 rings (SSSR count). The van der Waals surface area contributed by atoms with Crippen LogP contribution in [0.25, 0.3) is 0 Å². The molecule has 1 atom stereocenters. The minimum absolute atomic E-state index is 0.114. The van der Waals surface area contributed by atoms with E-state index < -0.39 is 0 Å². The van der Waals surface area contributed by atoms with Crippen LogP contribution in [0.4, 0.5) is 0 Å². The van der Waals surface area contributed by atoms with Gasteiger partial charge in [0.25, 0.3) is 0 Å². The molecule has 1 heterocycles. The molecule has 1 N–H and O–H groups in total. The van der Waals surface area contributed by atoms with E-state index in [1.54, 1.807) is 0 Å². The third-order valence-corrected chi connectivity index (χ3v) is 5.18. The molecule has 0 saturated heterocycles. The maximum atomic E-state index is 12.4. The van der Waals surface area contributed by atoms with Gasteiger partial charge in [-0.1, -0.05) is 35.8 Å². The minimum Gasteiger partial charge on any atom is -0.349 e. The van der Waals surface area contributed by atoms with E-state index in [0.717, 1.165) is 31.5 Å². The monoisotopic (exact) mass is 339 g/mol. The molecular weight excluding hydrogens is 314 g/mol. The summed E-state index contributed by atoms with van der Waals surface area (Å²) in [6.07, 6.45) is 8.75. The van der Waals surface area contributed by atoms with Crippen LogP contribution in [0, 0.1) is 0 Å². The molecule has 2 aromatic rings. The topological polar surface area (TPSA) is 68.0 Å². The normalized spacial score (nSPS) is 19.9. The average Bonchev–Trinajstić information content (AvgIpc) is 3.40. The second-order valence-electron chi connectivity index (χ2n) is 7.24. The second-order valence-corrected chi connectivity index (χ2v) is 7.24. The average molecular weight is 339 g/mol. The highest BCUT2D eigenvalue weighted by Crippen LogP contribution is 2.38. The molecule has 5 nitrogen and oxygen atoms in total. The van der Waals surface area contributed by atoms with E-state index in [-0.39, 0.29) is 11.9 Å². The molecule has 0 aliphatic heterocycles. The summed E-state index contributed by atoms with van der Waals surface area (Å²) in [4.78, 5) is 16.8. The van der Waals surface area contributed by atoms with Crippen molar-refractivity contribution in [1.29, 1.82) is 0 Å². The van der Waals surface area contributed by atoms with Gasteiger partial charge in [-0.2, -0.15) is 4.98 Å². The number of amides is 1. The van der Waals surface area contributed by atoms with Crippen LogP contribution < -0.4 is 5.32 Å². The third kappa shape index (κ3) is 4.09. The van der Waals surface area contributed by atoms with Crippen LogP contribution in [0.5, 0.6) is 0 Å². The van der Waals surface area contributed by atoms with Crippen LogP contribution in [0.15, 0.2) is 28.8 Å². The summed E-state index contributed by atoms with van der Waals surface area (Å²) in [6, 6.07) is 8.65. The Morgan fingerprint density at radius 1 is 1.20 bits per heavy atom. The Hall–Kier alpha value is -2.17. The van der Waals surface area contributed by atoms with Gasteiger partial charge in [0.1, 0.15) is 0 Å². The first-order valence-corrected chi connectivity index (χ1v) is 9.49. The Morgan fingerprint density at radius 3 is 2.96 bits per heavy atom. The fourth-order valence-electron chi connectivity index (χ4n) is 3.61. The Labute approximate surface area is 148 Å². The zero-order valence-corrected chi connectivity index (χ0v) is 14.5. The lowest BCUT2D eigenvalue weighted by Gasteiger charge is -2.19. The fourth-order valence-corrected chi connectivity index (χ4v) is 3.61. The van der Waals surface area contributed by atoms with Crippen LogP contribution in [0.1, 0.15) is 79.7 Å². The number of aryl methyl sites for hydroxylation is 2. The second kappa shape index (κ2) is 7.38. The van der Waals surface area contributed by atoms with Gasteiger partial charge >= 0.3 is 0 Å². The summed E-state index contributed by atoms with van der Waals surface area (Å²) in [5, 5.41) is 7.25. The molecule has 2 aliphatic carbocycles. The quantitative estimate of drug-likeness (QED) is 0.812. The van der Waals surface area contributed by atoms with E-state index in [1.165, 1.54) is 30.4 Å². The molecule has 1 fully saturated rings. The molecule has 1 amide bonds. The number of hydrogen-bond acceptors (Lipinski definition) is 4. The van der Waals surface area contributed by atoms with Crippen LogP contribution in [0.2, 0.25) is 0 Å². The summed E-state index contributed by atoms with van der Waals surface area (Å²) in [5.74, 6) is 2.13. The maximum Gasteiger partial charge on any atom is 0.226 e. The summed E-state index contributed by atoms with van der Waals surface area (Å²) >= 11 is 0. The first kappa shape index (κ1) is 16.3. The zero-order valence-electron chi connectivity index (χ0n) is 14.5. The van der Waals surface area contributed by atoms with E-state index in [9.17, 15) is 4.79 Å². The van der Waals surface area contributed by atoms with Gasteiger partial charge in [0.05, 0.1) is 6.04 Å². The summed E-state index contributed by atoms with van der Waals surface area (Å²) in [6.45, 7) is 0. The summed E-state index contributed by atoms with van der Waals surface area (Å²) in [7, 11) is 0. The van der Waals surface area contributed by atoms with Gasteiger partial charge in [-0.3, -0.25) is 4.79 Å². The molecule has 0 spiro atoms. The smallest absolute Gasteiger partial charge is 0.226 e. The first-order valence-electron chi connectivity index (χ1n) is 9.49. The number of nitrogens with zero attached hydrogens (tertiary/aromatic N) is 2. The molecule has 0 bridgehead atoms. The van der Waals surface area contributed by atoms with Crippen molar-refractivity contribution in [3.05, 3.63) is 47.1 Å². The van der Waals surface area contributed by atoms with E-state index in [1.807, 2.05) is 0 Å². The number of nitrogens with one attached hydrogen (secondary N) is 1. The van der Waals surface area contributed by atoms with Gasteiger partial charge in [-0.15, -0.1) is 0 Å². The highest BCUT2D eigenvalue weighted by molar-refractivity contribution is 5.76. The van der Waals surface area contributed by atoms with Crippen molar-refractivity contribution in [2.45, 2.75) is 69.7 Å². The fraction of sp³-hybridized carbons (Fsp3) is 0.550. The highest BCUT2D eigenvalue weighted by Gasteiger charge is 2.28. The van der Waals surface area contributed by atoms with Crippen molar-refractivity contribution in [3.63, 3.8) is 0 Å².